The van der Waals surface area contributed by atoms with E-state index in [1.165, 1.54) is 9.13 Å². The maximum absolute atomic E-state index is 12.7. The Morgan fingerprint density at radius 3 is 2.68 bits per heavy atom. The average Bonchev–Trinajstić information content (AvgIpc) is 2.89. The fourth-order valence-electron chi connectivity index (χ4n) is 2.96. The number of ether oxygens (including phenoxy) is 1. The Hall–Kier alpha value is -1.56. The van der Waals surface area contributed by atoms with E-state index >= 15 is 0 Å². The fraction of sp³-hybridized carbons (Fsp3) is 0.278. The van der Waals surface area contributed by atoms with Crippen molar-refractivity contribution in [2.75, 3.05) is 11.9 Å². The van der Waals surface area contributed by atoms with Crippen molar-refractivity contribution in [3.63, 3.8) is 0 Å². The Labute approximate surface area is 144 Å². The van der Waals surface area contributed by atoms with Gasteiger partial charge >= 0.3 is 5.97 Å². The van der Waals surface area contributed by atoms with Crippen molar-refractivity contribution < 1.29 is 9.53 Å². The van der Waals surface area contributed by atoms with Gasteiger partial charge in [0.25, 0.3) is 0 Å². The minimum Gasteiger partial charge on any atom is -0.464 e. The van der Waals surface area contributed by atoms with E-state index in [2.05, 4.69) is 46.1 Å². The molecule has 1 N–H and O–H groups in total. The van der Waals surface area contributed by atoms with Crippen LogP contribution in [0.1, 0.15) is 18.1 Å². The van der Waals surface area contributed by atoms with Gasteiger partial charge in [0, 0.05) is 22.1 Å². The minimum atomic E-state index is -0.707. The van der Waals surface area contributed by atoms with Gasteiger partial charge in [0.2, 0.25) is 0 Å². The van der Waals surface area contributed by atoms with Crippen LogP contribution in [0, 0.1) is 3.57 Å². The van der Waals surface area contributed by atoms with Crippen molar-refractivity contribution in [2.45, 2.75) is 25.3 Å². The molecule has 2 aromatic carbocycles. The Kier molecular flexibility index (Phi) is 4.38. The molecule has 1 atom stereocenters. The molecule has 3 rings (SSSR count). The average molecular weight is 407 g/mol. The van der Waals surface area contributed by atoms with Gasteiger partial charge < -0.3 is 10.1 Å². The third-order valence-corrected chi connectivity index (χ3v) is 5.05. The van der Waals surface area contributed by atoms with E-state index in [1.807, 2.05) is 37.3 Å². The molecule has 0 amide bonds. The lowest BCUT2D eigenvalue weighted by Gasteiger charge is -2.28. The van der Waals surface area contributed by atoms with Crippen LogP contribution in [0.4, 0.5) is 5.69 Å². The van der Waals surface area contributed by atoms with Crippen LogP contribution in [-0.4, -0.2) is 18.1 Å². The number of benzene rings is 2. The van der Waals surface area contributed by atoms with Crippen molar-refractivity contribution in [1.82, 2.24) is 0 Å². The highest BCUT2D eigenvalue weighted by molar-refractivity contribution is 14.1. The van der Waals surface area contributed by atoms with Crippen molar-refractivity contribution >= 4 is 34.2 Å². The number of hydrogen-bond donors (Lipinski definition) is 1. The molecule has 0 spiro atoms. The number of hydrogen-bond acceptors (Lipinski definition) is 3. The highest BCUT2D eigenvalue weighted by Gasteiger charge is 2.45. The summed E-state index contributed by atoms with van der Waals surface area (Å²) in [5.41, 5.74) is 2.65. The predicted molar refractivity (Wildman–Crippen MR) is 96.0 cm³/mol. The Balaban J connectivity index is 1.96. The highest BCUT2D eigenvalue weighted by atomic mass is 127. The number of anilines is 1. The van der Waals surface area contributed by atoms with Gasteiger partial charge in [0.1, 0.15) is 5.54 Å². The predicted octanol–water partition coefficient (Wildman–Crippen LogP) is 3.80. The molecule has 0 aliphatic carbocycles. The SMILES string of the molecule is CCOC(=O)C1(Cc2ccccc2I)Cc2ccccc2N1. The topological polar surface area (TPSA) is 38.3 Å². The van der Waals surface area contributed by atoms with E-state index in [1.54, 1.807) is 0 Å². The summed E-state index contributed by atoms with van der Waals surface area (Å²) in [5, 5.41) is 3.43. The number of carbonyl (C=O) groups excluding carboxylic acids is 1. The third-order valence-electron chi connectivity index (χ3n) is 4.00. The quantitative estimate of drug-likeness (QED) is 0.619. The summed E-state index contributed by atoms with van der Waals surface area (Å²) in [7, 11) is 0. The number of esters is 1. The van der Waals surface area contributed by atoms with Gasteiger partial charge in [-0.1, -0.05) is 36.4 Å². The second-order valence-electron chi connectivity index (χ2n) is 5.53. The lowest BCUT2D eigenvalue weighted by Crippen LogP contribution is -2.48. The lowest BCUT2D eigenvalue weighted by atomic mass is 9.88. The van der Waals surface area contributed by atoms with Crippen LogP contribution < -0.4 is 5.32 Å². The lowest BCUT2D eigenvalue weighted by molar-refractivity contribution is -0.148. The second-order valence-corrected chi connectivity index (χ2v) is 6.69. The van der Waals surface area contributed by atoms with Crippen LogP contribution in [0.25, 0.3) is 0 Å². The molecular weight excluding hydrogens is 389 g/mol. The number of rotatable bonds is 4. The van der Waals surface area contributed by atoms with E-state index in [0.717, 1.165) is 11.3 Å². The number of nitrogens with one attached hydrogen (secondary N) is 1. The Bertz CT molecular complexity index is 674. The summed E-state index contributed by atoms with van der Waals surface area (Å²) in [6.07, 6.45) is 1.28. The van der Waals surface area contributed by atoms with Crippen LogP contribution in [0.15, 0.2) is 48.5 Å². The van der Waals surface area contributed by atoms with Crippen molar-refractivity contribution in [3.05, 3.63) is 63.2 Å². The zero-order valence-corrected chi connectivity index (χ0v) is 14.6. The first-order valence-corrected chi connectivity index (χ1v) is 8.49. The number of fused-ring (bicyclic) bond motifs is 1. The molecule has 1 aliphatic rings. The molecule has 1 unspecified atom stereocenters. The van der Waals surface area contributed by atoms with Crippen LogP contribution in [0.3, 0.4) is 0 Å². The van der Waals surface area contributed by atoms with Crippen LogP contribution >= 0.6 is 22.6 Å². The monoisotopic (exact) mass is 407 g/mol. The van der Waals surface area contributed by atoms with Crippen molar-refractivity contribution in [2.24, 2.45) is 0 Å². The zero-order valence-electron chi connectivity index (χ0n) is 12.4. The van der Waals surface area contributed by atoms with E-state index in [4.69, 9.17) is 4.74 Å². The summed E-state index contributed by atoms with van der Waals surface area (Å²) in [4.78, 5) is 12.7. The summed E-state index contributed by atoms with van der Waals surface area (Å²) < 4.78 is 6.54. The fourth-order valence-corrected chi connectivity index (χ4v) is 3.54. The van der Waals surface area contributed by atoms with E-state index < -0.39 is 5.54 Å². The summed E-state index contributed by atoms with van der Waals surface area (Å²) in [5.74, 6) is -0.175. The number of para-hydroxylation sites is 1. The van der Waals surface area contributed by atoms with Gasteiger partial charge in [-0.2, -0.15) is 0 Å². The van der Waals surface area contributed by atoms with Gasteiger partial charge in [0.15, 0.2) is 0 Å². The third kappa shape index (κ3) is 2.84. The van der Waals surface area contributed by atoms with E-state index in [0.29, 0.717) is 19.4 Å². The van der Waals surface area contributed by atoms with Gasteiger partial charge in [-0.25, -0.2) is 4.79 Å². The van der Waals surface area contributed by atoms with E-state index in [-0.39, 0.29) is 5.97 Å². The summed E-state index contributed by atoms with van der Waals surface area (Å²) in [6.45, 7) is 2.24. The molecule has 0 fully saturated rings. The van der Waals surface area contributed by atoms with Crippen LogP contribution in [0.5, 0.6) is 0 Å². The molecular formula is C18H18INO2. The molecule has 114 valence electrons. The maximum Gasteiger partial charge on any atom is 0.332 e. The highest BCUT2D eigenvalue weighted by Crippen LogP contribution is 2.36. The molecule has 0 bridgehead atoms. The molecule has 1 heterocycles. The van der Waals surface area contributed by atoms with Crippen molar-refractivity contribution in [3.8, 4) is 0 Å². The molecule has 0 saturated heterocycles. The smallest absolute Gasteiger partial charge is 0.332 e. The van der Waals surface area contributed by atoms with Gasteiger partial charge in [-0.05, 0) is 52.8 Å². The minimum absolute atomic E-state index is 0.175. The molecule has 0 saturated carbocycles. The molecule has 4 heteroatoms. The number of halogens is 1. The van der Waals surface area contributed by atoms with Gasteiger partial charge in [-0.15, -0.1) is 0 Å². The second kappa shape index (κ2) is 6.28. The van der Waals surface area contributed by atoms with Crippen molar-refractivity contribution in [1.29, 1.82) is 0 Å². The normalized spacial score (nSPS) is 19.4. The number of carbonyl (C=O) groups is 1. The van der Waals surface area contributed by atoms with Gasteiger partial charge in [0.05, 0.1) is 6.61 Å². The van der Waals surface area contributed by atoms with Crippen LogP contribution in [0.2, 0.25) is 0 Å². The first-order valence-electron chi connectivity index (χ1n) is 7.41. The Morgan fingerprint density at radius 2 is 1.95 bits per heavy atom. The molecule has 1 aliphatic heterocycles. The summed E-state index contributed by atoms with van der Waals surface area (Å²) in [6, 6.07) is 16.3. The summed E-state index contributed by atoms with van der Waals surface area (Å²) >= 11 is 2.32. The molecule has 0 aromatic heterocycles. The maximum atomic E-state index is 12.7. The Morgan fingerprint density at radius 1 is 1.23 bits per heavy atom. The first-order chi connectivity index (χ1) is 10.6. The molecule has 22 heavy (non-hydrogen) atoms. The standard InChI is InChI=1S/C18H18INO2/c1-2-22-17(21)18(11-13-7-3-5-9-15(13)19)12-14-8-4-6-10-16(14)20-18/h3-10,20H,2,11-12H2,1H3. The van der Waals surface area contributed by atoms with E-state index in [9.17, 15) is 4.79 Å². The molecule has 0 radical (unpaired) electrons. The first kappa shape index (κ1) is 15.3. The largest absolute Gasteiger partial charge is 0.464 e. The van der Waals surface area contributed by atoms with Crippen LogP contribution in [-0.2, 0) is 22.4 Å². The van der Waals surface area contributed by atoms with Gasteiger partial charge in [-0.3, -0.25) is 0 Å². The zero-order chi connectivity index (χ0) is 15.6. The molecule has 2 aromatic rings. The molecule has 3 nitrogen and oxygen atoms in total.